The van der Waals surface area contributed by atoms with Crippen molar-refractivity contribution in [2.75, 3.05) is 0 Å². The Kier molecular flexibility index (Phi) is 2.63. The van der Waals surface area contributed by atoms with E-state index in [1.807, 2.05) is 0 Å². The Bertz CT molecular complexity index is 99.9. The molecule has 0 fully saturated rings. The zero-order valence-corrected chi connectivity index (χ0v) is 4.88. The van der Waals surface area contributed by atoms with Gasteiger partial charge >= 0.3 is 15.9 Å². The van der Waals surface area contributed by atoms with Crippen LogP contribution in [0.1, 0.15) is 0 Å². The molecule has 0 aliphatic rings. The van der Waals surface area contributed by atoms with Gasteiger partial charge in [-0.2, -0.15) is 0 Å². The van der Waals surface area contributed by atoms with Crippen molar-refractivity contribution in [3.05, 3.63) is 0 Å². The second-order valence-corrected chi connectivity index (χ2v) is 1.79. The second kappa shape index (κ2) is 3.02. The first-order chi connectivity index (χ1) is 3.63. The van der Waals surface area contributed by atoms with Crippen LogP contribution in [0.2, 0.25) is 0 Å². The Morgan fingerprint density at radius 1 is 1.38 bits per heavy atom. The third kappa shape index (κ3) is 4.96. The molecule has 5 nitrogen and oxygen atoms in total. The minimum absolute atomic E-state index is 0.667. The molecule has 4 N–H and O–H groups in total. The number of hydrogen-bond acceptors (Lipinski definition) is 3. The minimum Gasteiger partial charge on any atom is -0.490 e. The number of nitrogens with two attached hydrogens (primary N) is 2. The van der Waals surface area contributed by atoms with Crippen LogP contribution < -0.4 is 11.5 Å². The maximum absolute atomic E-state index is 9.81. The Morgan fingerprint density at radius 2 is 1.88 bits per heavy atom. The van der Waals surface area contributed by atoms with E-state index in [1.54, 1.807) is 0 Å². The zero-order valence-electron chi connectivity index (χ0n) is 3.88. The lowest BCUT2D eigenvalue weighted by Crippen LogP contribution is -2.25. The maximum Gasteiger partial charge on any atom is 0.429 e. The number of hydrogen-bond donors (Lipinski definition) is 2. The van der Waals surface area contributed by atoms with E-state index in [1.165, 1.54) is 0 Å². The zero-order chi connectivity index (χ0) is 6.57. The minimum atomic E-state index is -0.984. The summed E-state index contributed by atoms with van der Waals surface area (Å²) in [6, 6.07) is 0. The average molecular weight is 132 g/mol. The summed E-state index contributed by atoms with van der Waals surface area (Å²) in [5, 5.41) is 0. The van der Waals surface area contributed by atoms with Crippen molar-refractivity contribution in [1.82, 2.24) is 0 Å². The fourth-order valence-corrected chi connectivity index (χ4v) is 0.302. The summed E-state index contributed by atoms with van der Waals surface area (Å²) in [6.07, 6.45) is -0.984. The highest BCUT2D eigenvalue weighted by Crippen LogP contribution is 1.67. The molecule has 0 aliphatic carbocycles. The summed E-state index contributed by atoms with van der Waals surface area (Å²) in [7, 11) is -0.667. The average Bonchev–Trinajstić information content (AvgIpc) is 1.61. The molecule has 0 spiro atoms. The molecule has 2 amide bonds. The third-order valence-corrected chi connectivity index (χ3v) is 0.757. The van der Waals surface area contributed by atoms with Gasteiger partial charge in [0, 0.05) is 0 Å². The molecule has 2 radical (unpaired) electrons. The van der Waals surface area contributed by atoms with Crippen LogP contribution in [-0.4, -0.2) is 21.4 Å². The van der Waals surface area contributed by atoms with Crippen LogP contribution in [0.15, 0.2) is 0 Å². The van der Waals surface area contributed by atoms with Crippen LogP contribution in [0.4, 0.5) is 9.59 Å². The number of rotatable bonds is 2. The Balaban J connectivity index is 3.18. The predicted octanol–water partition coefficient (Wildman–Crippen LogP) is -1.22. The first-order valence-electron chi connectivity index (χ1n) is 1.64. The van der Waals surface area contributed by atoms with E-state index in [0.717, 1.165) is 0 Å². The van der Waals surface area contributed by atoms with Gasteiger partial charge in [-0.3, -0.25) is 4.79 Å². The van der Waals surface area contributed by atoms with Gasteiger partial charge in [-0.1, -0.05) is 0 Å². The Labute approximate surface area is 47.9 Å². The van der Waals surface area contributed by atoms with Crippen LogP contribution in [0, 0.1) is 0 Å². The summed E-state index contributed by atoms with van der Waals surface area (Å²) in [6.45, 7) is 0. The fourth-order valence-electron chi connectivity index (χ4n) is 0.101. The van der Waals surface area contributed by atoms with E-state index in [9.17, 15) is 9.59 Å². The van der Waals surface area contributed by atoms with Gasteiger partial charge in [0.1, 0.15) is 0 Å². The van der Waals surface area contributed by atoms with Crippen molar-refractivity contribution in [2.45, 2.75) is 0 Å². The molecule has 8 heavy (non-hydrogen) atoms. The van der Waals surface area contributed by atoms with E-state index in [-0.39, 0.29) is 0 Å². The normalized spacial score (nSPS) is 8.00. The molecule has 0 aromatic rings. The summed E-state index contributed by atoms with van der Waals surface area (Å²) in [5.74, 6) is 0. The van der Waals surface area contributed by atoms with Crippen molar-refractivity contribution in [3.63, 3.8) is 0 Å². The fraction of sp³-hybridized carbons (Fsp3) is 0. The van der Waals surface area contributed by atoms with Gasteiger partial charge in [0.2, 0.25) is 5.53 Å². The van der Waals surface area contributed by atoms with Crippen molar-refractivity contribution in [1.29, 1.82) is 0 Å². The molecule has 0 heterocycles. The molecular formula is C2H4N2O3Si. The lowest BCUT2D eigenvalue weighted by molar-refractivity contribution is 0.212. The summed E-state index contributed by atoms with van der Waals surface area (Å²) < 4.78 is 4.00. The van der Waals surface area contributed by atoms with Gasteiger partial charge in [0.15, 0.2) is 0 Å². The van der Waals surface area contributed by atoms with Crippen molar-refractivity contribution in [2.24, 2.45) is 11.5 Å². The van der Waals surface area contributed by atoms with Gasteiger partial charge in [0.05, 0.1) is 0 Å². The molecule has 6 heteroatoms. The van der Waals surface area contributed by atoms with Crippen LogP contribution >= 0.6 is 0 Å². The summed E-state index contributed by atoms with van der Waals surface area (Å²) >= 11 is 0. The predicted molar refractivity (Wildman–Crippen MR) is 26.0 cm³/mol. The molecule has 0 aromatic heterocycles. The quantitative estimate of drug-likeness (QED) is 0.461. The van der Waals surface area contributed by atoms with Crippen LogP contribution in [0.5, 0.6) is 0 Å². The maximum atomic E-state index is 9.81. The van der Waals surface area contributed by atoms with Crippen molar-refractivity contribution >= 4 is 21.4 Å². The molecule has 0 aliphatic heterocycles. The molecule has 0 aromatic carbocycles. The molecule has 0 saturated carbocycles. The number of carbonyl (C=O) groups excluding carboxylic acids is 2. The van der Waals surface area contributed by atoms with Gasteiger partial charge < -0.3 is 15.9 Å². The van der Waals surface area contributed by atoms with E-state index in [4.69, 9.17) is 0 Å². The van der Waals surface area contributed by atoms with E-state index < -0.39 is 21.4 Å². The standard InChI is InChI=1S/C2H4N2O3Si/c3-1(5)7-8-2(4)6/h(H2,3,5)(H2,4,6). The van der Waals surface area contributed by atoms with Crippen molar-refractivity contribution < 1.29 is 14.0 Å². The lowest BCUT2D eigenvalue weighted by atomic mass is 11.3. The van der Waals surface area contributed by atoms with Gasteiger partial charge in [0.25, 0.3) is 0 Å². The topological polar surface area (TPSA) is 95.4 Å². The molecular weight excluding hydrogens is 128 g/mol. The number of amides is 2. The lowest BCUT2D eigenvalue weighted by Gasteiger charge is -1.90. The summed E-state index contributed by atoms with van der Waals surface area (Å²) in [4.78, 5) is 19.5. The Morgan fingerprint density at radius 3 is 2.00 bits per heavy atom. The highest BCUT2D eigenvalue weighted by atomic mass is 28.2. The molecule has 0 atom stereocenters. The van der Waals surface area contributed by atoms with E-state index in [2.05, 4.69) is 15.9 Å². The first kappa shape index (κ1) is 6.96. The number of carbonyl (C=O) groups is 2. The smallest absolute Gasteiger partial charge is 0.429 e. The highest BCUT2D eigenvalue weighted by Gasteiger charge is 2.01. The molecule has 44 valence electrons. The van der Waals surface area contributed by atoms with Crippen molar-refractivity contribution in [3.8, 4) is 0 Å². The SMILES string of the molecule is NC(=O)O[Si]C(N)=O. The first-order valence-corrected chi connectivity index (χ1v) is 2.55. The monoisotopic (exact) mass is 132 g/mol. The van der Waals surface area contributed by atoms with Gasteiger partial charge in [-0.25, -0.2) is 4.79 Å². The highest BCUT2D eigenvalue weighted by molar-refractivity contribution is 6.69. The van der Waals surface area contributed by atoms with Crippen LogP contribution in [0.25, 0.3) is 0 Å². The molecule has 0 rings (SSSR count). The molecule has 0 bridgehead atoms. The summed E-state index contributed by atoms with van der Waals surface area (Å²) in [5.41, 5.74) is 8.37. The third-order valence-electron chi connectivity index (χ3n) is 0.252. The van der Waals surface area contributed by atoms with Crippen LogP contribution in [0.3, 0.4) is 0 Å². The molecule has 0 unspecified atom stereocenters. The van der Waals surface area contributed by atoms with E-state index in [0.29, 0.717) is 0 Å². The number of primary amides is 2. The second-order valence-electron chi connectivity index (χ2n) is 0.887. The van der Waals surface area contributed by atoms with Gasteiger partial charge in [-0.15, -0.1) is 0 Å². The Hall–Kier alpha value is -1.04. The van der Waals surface area contributed by atoms with E-state index >= 15 is 0 Å². The van der Waals surface area contributed by atoms with Gasteiger partial charge in [-0.05, 0) is 0 Å². The van der Waals surface area contributed by atoms with Crippen LogP contribution in [-0.2, 0) is 4.43 Å². The molecule has 0 saturated heterocycles. The largest absolute Gasteiger partial charge is 0.490 e.